The average Bonchev–Trinajstić information content (AvgIpc) is 3.61. The Kier molecular flexibility index (Phi) is 5.47. The van der Waals surface area contributed by atoms with Gasteiger partial charge in [0.2, 0.25) is 0 Å². The first-order valence-electron chi connectivity index (χ1n) is 10.7. The summed E-state index contributed by atoms with van der Waals surface area (Å²) in [6.45, 7) is 1.01. The number of amides is 1. The fraction of sp³-hybridized carbons (Fsp3) is 0.231. The molecule has 6 heteroatoms. The van der Waals surface area contributed by atoms with E-state index < -0.39 is 5.91 Å². The maximum atomic E-state index is 11.8. The lowest BCUT2D eigenvalue weighted by atomic mass is 9.90. The molecule has 6 nitrogen and oxygen atoms in total. The Balaban J connectivity index is 1.66. The second kappa shape index (κ2) is 8.57. The van der Waals surface area contributed by atoms with Gasteiger partial charge >= 0.3 is 0 Å². The molecule has 1 unspecified atom stereocenters. The van der Waals surface area contributed by atoms with E-state index in [1.54, 1.807) is 24.7 Å². The third-order valence-electron chi connectivity index (χ3n) is 6.12. The van der Waals surface area contributed by atoms with Crippen LogP contribution in [0.2, 0.25) is 0 Å². The molecule has 0 radical (unpaired) electrons. The summed E-state index contributed by atoms with van der Waals surface area (Å²) in [6, 6.07) is 21.5. The molecule has 0 spiro atoms. The third kappa shape index (κ3) is 3.68. The summed E-state index contributed by atoms with van der Waals surface area (Å²) in [5.74, 6) is 1.12. The number of methoxy groups -OCH3 is 1. The molecule has 1 aliphatic carbocycles. The van der Waals surface area contributed by atoms with E-state index >= 15 is 0 Å². The minimum Gasteiger partial charge on any atom is -0.491 e. The first-order chi connectivity index (χ1) is 15.7. The lowest BCUT2D eigenvalue weighted by Crippen LogP contribution is -2.18. The Bertz CT molecular complexity index is 1190. The van der Waals surface area contributed by atoms with Crippen LogP contribution in [0.4, 0.5) is 5.69 Å². The molecule has 5 rings (SSSR count). The number of carbonyl (C=O) groups excluding carboxylic acids is 1. The number of carbonyl (C=O) groups is 1. The monoisotopic (exact) mass is 428 g/mol. The van der Waals surface area contributed by atoms with Crippen molar-refractivity contribution in [2.75, 3.05) is 20.3 Å². The van der Waals surface area contributed by atoms with Crippen LogP contribution in [-0.2, 0) is 4.74 Å². The summed E-state index contributed by atoms with van der Waals surface area (Å²) < 4.78 is 11.3. The van der Waals surface area contributed by atoms with E-state index in [-0.39, 0.29) is 0 Å². The lowest BCUT2D eigenvalue weighted by Gasteiger charge is -2.20. The second-order valence-corrected chi connectivity index (χ2v) is 8.04. The summed E-state index contributed by atoms with van der Waals surface area (Å²) in [5.41, 5.74) is 8.23. The van der Waals surface area contributed by atoms with Crippen molar-refractivity contribution in [3.05, 3.63) is 94.5 Å². The first kappa shape index (κ1) is 20.4. The van der Waals surface area contributed by atoms with Crippen LogP contribution in [0.25, 0.3) is 0 Å². The average molecular weight is 428 g/mol. The van der Waals surface area contributed by atoms with Gasteiger partial charge in [-0.25, -0.2) is 10.5 Å². The summed E-state index contributed by atoms with van der Waals surface area (Å²) in [7, 11) is 1.67. The van der Waals surface area contributed by atoms with Gasteiger partial charge < -0.3 is 9.47 Å². The van der Waals surface area contributed by atoms with Crippen molar-refractivity contribution in [1.82, 2.24) is 5.48 Å². The van der Waals surface area contributed by atoms with Gasteiger partial charge in [0, 0.05) is 29.4 Å². The highest BCUT2D eigenvalue weighted by molar-refractivity contribution is 6.16. The smallest absolute Gasteiger partial charge is 0.274 e. The minimum atomic E-state index is -0.545. The third-order valence-corrected chi connectivity index (χ3v) is 6.12. The summed E-state index contributed by atoms with van der Waals surface area (Å²) >= 11 is 0. The van der Waals surface area contributed by atoms with Crippen molar-refractivity contribution in [3.63, 3.8) is 0 Å². The lowest BCUT2D eigenvalue weighted by molar-refractivity contribution is 0.0706. The van der Waals surface area contributed by atoms with Crippen molar-refractivity contribution in [3.8, 4) is 5.75 Å². The van der Waals surface area contributed by atoms with Gasteiger partial charge in [0.05, 0.1) is 18.0 Å². The van der Waals surface area contributed by atoms with Crippen LogP contribution in [0.15, 0.2) is 71.7 Å². The maximum Gasteiger partial charge on any atom is 0.274 e. The van der Waals surface area contributed by atoms with Crippen LogP contribution in [0, 0.1) is 0 Å². The molecule has 2 aliphatic rings. The molecular weight excluding hydrogens is 404 g/mol. The summed E-state index contributed by atoms with van der Waals surface area (Å²) in [5, 5.41) is 8.92. The highest BCUT2D eigenvalue weighted by Crippen LogP contribution is 2.60. The van der Waals surface area contributed by atoms with Crippen molar-refractivity contribution in [2.45, 2.75) is 18.3 Å². The number of nitrogens with zero attached hydrogens (tertiary/aromatic N) is 1. The molecule has 1 saturated carbocycles. The van der Waals surface area contributed by atoms with E-state index in [9.17, 15) is 4.79 Å². The molecule has 2 atom stereocenters. The Morgan fingerprint density at radius 3 is 2.62 bits per heavy atom. The Hall–Kier alpha value is -3.48. The standard InChI is InChI=1S/C26H24N2O4/c1-31-13-14-32-23-8-4-6-19-24(23)21-15-20(21)18-5-2-3-7-22(18)27-25(19)16-9-11-17(12-10-16)26(29)28-30/h2-12,20-21,30H,13-15H2,1H3,(H,28,29)/b27-25-/t20-,21?/m1/s1. The van der Waals surface area contributed by atoms with Crippen molar-refractivity contribution in [2.24, 2.45) is 4.99 Å². The van der Waals surface area contributed by atoms with Gasteiger partial charge in [-0.3, -0.25) is 10.0 Å². The van der Waals surface area contributed by atoms with Crippen molar-refractivity contribution < 1.29 is 19.5 Å². The zero-order valence-electron chi connectivity index (χ0n) is 17.7. The van der Waals surface area contributed by atoms with E-state index in [0.717, 1.165) is 34.7 Å². The highest BCUT2D eigenvalue weighted by Gasteiger charge is 2.45. The zero-order valence-corrected chi connectivity index (χ0v) is 17.7. The maximum absolute atomic E-state index is 11.8. The van der Waals surface area contributed by atoms with E-state index in [0.29, 0.717) is 30.6 Å². The number of hydrogen-bond acceptors (Lipinski definition) is 5. The van der Waals surface area contributed by atoms with Gasteiger partial charge in [0.1, 0.15) is 12.4 Å². The van der Waals surface area contributed by atoms with Crippen molar-refractivity contribution >= 4 is 17.3 Å². The fourth-order valence-corrected chi connectivity index (χ4v) is 4.50. The molecule has 3 aromatic carbocycles. The molecule has 162 valence electrons. The van der Waals surface area contributed by atoms with E-state index in [1.807, 2.05) is 30.3 Å². The largest absolute Gasteiger partial charge is 0.491 e. The molecule has 32 heavy (non-hydrogen) atoms. The number of fused-ring (bicyclic) bond motifs is 5. The number of para-hydroxylation sites is 1. The molecule has 0 bridgehead atoms. The molecule has 1 amide bonds. The number of hydroxylamine groups is 1. The summed E-state index contributed by atoms with van der Waals surface area (Å²) in [4.78, 5) is 16.9. The van der Waals surface area contributed by atoms with E-state index in [1.165, 1.54) is 11.1 Å². The minimum absolute atomic E-state index is 0.370. The zero-order chi connectivity index (χ0) is 22.1. The van der Waals surface area contributed by atoms with E-state index in [2.05, 4.69) is 24.3 Å². The number of aliphatic imine (C=N–C) groups is 1. The number of rotatable bonds is 6. The highest BCUT2D eigenvalue weighted by atomic mass is 16.5. The van der Waals surface area contributed by atoms with Crippen LogP contribution in [0.5, 0.6) is 5.75 Å². The number of nitrogens with one attached hydrogen (secondary N) is 1. The molecule has 1 heterocycles. The van der Waals surface area contributed by atoms with Crippen LogP contribution >= 0.6 is 0 Å². The van der Waals surface area contributed by atoms with Gasteiger partial charge in [0.15, 0.2) is 0 Å². The fourth-order valence-electron chi connectivity index (χ4n) is 4.50. The van der Waals surface area contributed by atoms with Gasteiger partial charge in [-0.2, -0.15) is 0 Å². The van der Waals surface area contributed by atoms with Gasteiger partial charge in [-0.1, -0.05) is 42.5 Å². The molecule has 3 aromatic rings. The Labute approximate surface area is 186 Å². The van der Waals surface area contributed by atoms with E-state index in [4.69, 9.17) is 19.7 Å². The van der Waals surface area contributed by atoms with Gasteiger partial charge in [-0.05, 0) is 48.1 Å². The summed E-state index contributed by atoms with van der Waals surface area (Å²) in [6.07, 6.45) is 1.06. The Morgan fingerprint density at radius 2 is 1.84 bits per heavy atom. The predicted octanol–water partition coefficient (Wildman–Crippen LogP) is 4.58. The molecular formula is C26H24N2O4. The topological polar surface area (TPSA) is 80.2 Å². The molecule has 1 fully saturated rings. The second-order valence-electron chi connectivity index (χ2n) is 8.04. The van der Waals surface area contributed by atoms with Gasteiger partial charge in [0.25, 0.3) is 5.91 Å². The predicted molar refractivity (Wildman–Crippen MR) is 121 cm³/mol. The molecule has 1 aliphatic heterocycles. The molecule has 2 N–H and O–H groups in total. The molecule has 0 aromatic heterocycles. The number of ether oxygens (including phenoxy) is 2. The van der Waals surface area contributed by atoms with Crippen LogP contribution in [0.1, 0.15) is 50.9 Å². The Morgan fingerprint density at radius 1 is 1.03 bits per heavy atom. The first-order valence-corrected chi connectivity index (χ1v) is 10.7. The SMILES string of the molecule is COCCOc1cccc2c1C1C[C@@H]1c1ccccc1/N=C\2c1ccc(C(=O)NO)cc1. The van der Waals surface area contributed by atoms with Crippen LogP contribution in [0.3, 0.4) is 0 Å². The van der Waals surface area contributed by atoms with Crippen LogP contribution in [-0.4, -0.2) is 37.1 Å². The quantitative estimate of drug-likeness (QED) is 0.342. The van der Waals surface area contributed by atoms with Crippen molar-refractivity contribution in [1.29, 1.82) is 0 Å². The van der Waals surface area contributed by atoms with Gasteiger partial charge in [-0.15, -0.1) is 0 Å². The normalized spacial score (nSPS) is 19.9. The number of hydrogen-bond donors (Lipinski definition) is 2. The van der Waals surface area contributed by atoms with Crippen LogP contribution < -0.4 is 10.2 Å². The molecule has 0 saturated heterocycles. The number of benzene rings is 3.